The molecule has 0 saturated carbocycles. The zero-order valence-corrected chi connectivity index (χ0v) is 13.7. The number of esters is 2. The lowest BCUT2D eigenvalue weighted by Gasteiger charge is -2.19. The van der Waals surface area contributed by atoms with Crippen LogP contribution in [0.4, 0.5) is 4.79 Å². The van der Waals surface area contributed by atoms with Crippen LogP contribution in [0.1, 0.15) is 40.5 Å². The monoisotopic (exact) mass is 315 g/mol. The normalized spacial score (nSPS) is 10.5. The molecule has 0 unspecified atom stereocenters. The summed E-state index contributed by atoms with van der Waals surface area (Å²) in [4.78, 5) is 33.4. The molecule has 0 radical (unpaired) electrons. The van der Waals surface area contributed by atoms with Gasteiger partial charge in [0.15, 0.2) is 0 Å². The smallest absolute Gasteiger partial charge is 0.407 e. The summed E-state index contributed by atoms with van der Waals surface area (Å²) in [6, 6.07) is 0. The third kappa shape index (κ3) is 11.7. The lowest BCUT2D eigenvalue weighted by Crippen LogP contribution is -2.33. The molecule has 1 N–H and O–H groups in total. The minimum atomic E-state index is -0.596. The lowest BCUT2D eigenvalue weighted by molar-refractivity contribution is -0.143. The first-order valence-corrected chi connectivity index (χ1v) is 7.07. The second-order valence-corrected chi connectivity index (χ2v) is 5.66. The Morgan fingerprint density at radius 2 is 1.73 bits per heavy atom. The molecule has 126 valence electrons. The maximum Gasteiger partial charge on any atom is 0.407 e. The van der Waals surface area contributed by atoms with Gasteiger partial charge in [0.1, 0.15) is 12.2 Å². The average molecular weight is 315 g/mol. The molecule has 0 fully saturated rings. The largest absolute Gasteiger partial charge is 0.462 e. The van der Waals surface area contributed by atoms with Crippen molar-refractivity contribution in [2.45, 2.75) is 46.1 Å². The Labute approximate surface area is 131 Å². The molecule has 0 spiro atoms. The number of hydrogen-bond donors (Lipinski definition) is 1. The van der Waals surface area contributed by atoms with Gasteiger partial charge in [-0.2, -0.15) is 0 Å². The molecular weight excluding hydrogens is 290 g/mol. The molecule has 0 atom stereocenters. The number of carbonyl (C=O) groups is 3. The third-order valence-corrected chi connectivity index (χ3v) is 2.21. The molecule has 0 aromatic heterocycles. The summed E-state index contributed by atoms with van der Waals surface area (Å²) in [5, 5.41) is 2.61. The van der Waals surface area contributed by atoms with Crippen molar-refractivity contribution in [1.82, 2.24) is 5.32 Å². The van der Waals surface area contributed by atoms with E-state index in [2.05, 4.69) is 16.6 Å². The molecule has 22 heavy (non-hydrogen) atoms. The number of alkyl carbamates (subject to hydrolysis) is 1. The van der Waals surface area contributed by atoms with Crippen LogP contribution >= 0.6 is 0 Å². The fourth-order valence-corrected chi connectivity index (χ4v) is 1.25. The predicted molar refractivity (Wildman–Crippen MR) is 80.2 cm³/mol. The summed E-state index contributed by atoms with van der Waals surface area (Å²) in [5.74, 6) is -1.08. The topological polar surface area (TPSA) is 90.9 Å². The summed E-state index contributed by atoms with van der Waals surface area (Å²) in [7, 11) is 0. The van der Waals surface area contributed by atoms with Gasteiger partial charge in [-0.3, -0.25) is 4.79 Å². The van der Waals surface area contributed by atoms with Gasteiger partial charge in [0.2, 0.25) is 0 Å². The van der Waals surface area contributed by atoms with E-state index in [0.29, 0.717) is 19.4 Å². The summed E-state index contributed by atoms with van der Waals surface area (Å²) >= 11 is 0. The Balaban J connectivity index is 3.65. The van der Waals surface area contributed by atoms with Gasteiger partial charge in [-0.15, -0.1) is 0 Å². The third-order valence-electron chi connectivity index (χ3n) is 2.21. The van der Waals surface area contributed by atoms with Gasteiger partial charge in [0, 0.05) is 13.5 Å². The summed E-state index contributed by atoms with van der Waals surface area (Å²) in [6.45, 7) is 10.5. The summed E-state index contributed by atoms with van der Waals surface area (Å²) < 4.78 is 14.7. The van der Waals surface area contributed by atoms with E-state index >= 15 is 0 Å². The van der Waals surface area contributed by atoms with Crippen LogP contribution in [0, 0.1) is 0 Å². The van der Waals surface area contributed by atoms with Crippen LogP contribution in [0.25, 0.3) is 0 Å². The Morgan fingerprint density at radius 3 is 2.27 bits per heavy atom. The predicted octanol–water partition coefficient (Wildman–Crippen LogP) is 1.95. The van der Waals surface area contributed by atoms with E-state index in [9.17, 15) is 14.4 Å². The van der Waals surface area contributed by atoms with Crippen molar-refractivity contribution in [2.75, 3.05) is 19.8 Å². The molecule has 7 nitrogen and oxygen atoms in total. The highest BCUT2D eigenvalue weighted by Crippen LogP contribution is 2.06. The molecule has 0 aliphatic heterocycles. The molecule has 0 saturated heterocycles. The van der Waals surface area contributed by atoms with E-state index in [1.807, 2.05) is 0 Å². The Bertz CT molecular complexity index is 411. The number of amides is 1. The van der Waals surface area contributed by atoms with E-state index in [4.69, 9.17) is 9.47 Å². The van der Waals surface area contributed by atoms with Crippen LogP contribution in [0.3, 0.4) is 0 Å². The van der Waals surface area contributed by atoms with Crippen molar-refractivity contribution in [1.29, 1.82) is 0 Å². The standard InChI is InChI=1S/C15H25NO6/c1-11(10-21-12(2)17)13(18)20-9-7-6-8-16-14(19)22-15(3,4)5/h1,6-10H2,2-5H3,(H,16,19). The van der Waals surface area contributed by atoms with E-state index in [0.717, 1.165) is 0 Å². The van der Waals surface area contributed by atoms with Crippen LogP contribution in [0.2, 0.25) is 0 Å². The summed E-state index contributed by atoms with van der Waals surface area (Å²) in [5.41, 5.74) is -0.441. The Kier molecular flexibility index (Phi) is 8.89. The van der Waals surface area contributed by atoms with E-state index in [1.165, 1.54) is 6.92 Å². The van der Waals surface area contributed by atoms with Crippen molar-refractivity contribution in [3.05, 3.63) is 12.2 Å². The van der Waals surface area contributed by atoms with E-state index in [-0.39, 0.29) is 18.8 Å². The summed E-state index contributed by atoms with van der Waals surface area (Å²) in [6.07, 6.45) is 0.755. The van der Waals surface area contributed by atoms with Crippen molar-refractivity contribution in [3.8, 4) is 0 Å². The second kappa shape index (κ2) is 9.81. The van der Waals surface area contributed by atoms with Gasteiger partial charge in [0.05, 0.1) is 12.2 Å². The minimum absolute atomic E-state index is 0.0853. The van der Waals surface area contributed by atoms with Gasteiger partial charge in [-0.1, -0.05) is 6.58 Å². The zero-order valence-electron chi connectivity index (χ0n) is 13.7. The highest BCUT2D eigenvalue weighted by Gasteiger charge is 2.15. The van der Waals surface area contributed by atoms with Crippen molar-refractivity contribution in [2.24, 2.45) is 0 Å². The molecular formula is C15H25NO6. The second-order valence-electron chi connectivity index (χ2n) is 5.66. The van der Waals surface area contributed by atoms with Crippen LogP contribution in [-0.4, -0.2) is 43.4 Å². The Hall–Kier alpha value is -2.05. The van der Waals surface area contributed by atoms with Crippen molar-refractivity contribution in [3.63, 3.8) is 0 Å². The minimum Gasteiger partial charge on any atom is -0.462 e. The van der Waals surface area contributed by atoms with E-state index in [1.54, 1.807) is 20.8 Å². The van der Waals surface area contributed by atoms with Gasteiger partial charge in [-0.05, 0) is 33.6 Å². The van der Waals surface area contributed by atoms with E-state index < -0.39 is 23.6 Å². The molecule has 0 heterocycles. The first kappa shape index (κ1) is 19.9. The number of nitrogens with one attached hydrogen (secondary N) is 1. The zero-order chi connectivity index (χ0) is 17.2. The fraction of sp³-hybridized carbons (Fsp3) is 0.667. The number of unbranched alkanes of at least 4 members (excludes halogenated alkanes) is 1. The highest BCUT2D eigenvalue weighted by molar-refractivity contribution is 5.88. The molecule has 0 aromatic carbocycles. The van der Waals surface area contributed by atoms with Crippen LogP contribution in [-0.2, 0) is 23.8 Å². The highest BCUT2D eigenvalue weighted by atomic mass is 16.6. The lowest BCUT2D eigenvalue weighted by atomic mass is 10.2. The van der Waals surface area contributed by atoms with Crippen molar-refractivity contribution < 1.29 is 28.6 Å². The quantitative estimate of drug-likeness (QED) is 0.319. The Morgan fingerprint density at radius 1 is 1.09 bits per heavy atom. The molecule has 0 rings (SSSR count). The first-order valence-electron chi connectivity index (χ1n) is 7.07. The van der Waals surface area contributed by atoms with Crippen LogP contribution < -0.4 is 5.32 Å². The molecule has 7 heteroatoms. The average Bonchev–Trinajstić information content (AvgIpc) is 2.37. The van der Waals surface area contributed by atoms with Gasteiger partial charge in [0.25, 0.3) is 0 Å². The van der Waals surface area contributed by atoms with Gasteiger partial charge in [-0.25, -0.2) is 9.59 Å². The van der Waals surface area contributed by atoms with Crippen LogP contribution in [0.15, 0.2) is 12.2 Å². The fourth-order valence-electron chi connectivity index (χ4n) is 1.25. The maximum atomic E-state index is 11.5. The van der Waals surface area contributed by atoms with Gasteiger partial charge < -0.3 is 19.5 Å². The number of carbonyl (C=O) groups excluding carboxylic acids is 3. The SMILES string of the molecule is C=C(COC(C)=O)C(=O)OCCCCNC(=O)OC(C)(C)C. The number of rotatable bonds is 8. The number of ether oxygens (including phenoxy) is 3. The number of hydrogen-bond acceptors (Lipinski definition) is 6. The van der Waals surface area contributed by atoms with Crippen LogP contribution in [0.5, 0.6) is 0 Å². The molecule has 0 aromatic rings. The van der Waals surface area contributed by atoms with Gasteiger partial charge >= 0.3 is 18.0 Å². The first-order chi connectivity index (χ1) is 10.1. The molecule has 1 amide bonds. The molecule has 0 aliphatic rings. The maximum absolute atomic E-state index is 11.5. The molecule has 0 bridgehead atoms. The van der Waals surface area contributed by atoms with Crippen molar-refractivity contribution >= 4 is 18.0 Å². The molecule has 0 aliphatic carbocycles.